The Kier molecular flexibility index (Phi) is 4.26. The number of benzene rings is 1. The molecule has 0 aliphatic carbocycles. The molecule has 0 spiro atoms. The fraction of sp³-hybridized carbons (Fsp3) is 0.333. The van der Waals surface area contributed by atoms with Crippen molar-refractivity contribution in [2.45, 2.75) is 19.6 Å². The third-order valence-corrected chi connectivity index (χ3v) is 2.98. The minimum absolute atomic E-state index is 0.139. The van der Waals surface area contributed by atoms with Crippen LogP contribution in [-0.2, 0) is 19.1 Å². The Balaban J connectivity index is 2.50. The molecule has 0 atom stereocenters. The van der Waals surface area contributed by atoms with Crippen LogP contribution in [0.15, 0.2) is 29.6 Å². The summed E-state index contributed by atoms with van der Waals surface area (Å²) in [4.78, 5) is 25.5. The fourth-order valence-electron chi connectivity index (χ4n) is 1.98. The van der Waals surface area contributed by atoms with Crippen LogP contribution in [0.1, 0.15) is 13.8 Å². The maximum absolute atomic E-state index is 13.8. The maximum atomic E-state index is 13.8. The molecule has 1 aliphatic heterocycles. The number of para-hydroxylation sites is 1. The Morgan fingerprint density at radius 2 is 1.57 bits per heavy atom. The number of rotatable bonds is 3. The van der Waals surface area contributed by atoms with E-state index in [2.05, 4.69) is 5.32 Å². The van der Waals surface area contributed by atoms with Gasteiger partial charge in [-0.15, -0.1) is 0 Å². The van der Waals surface area contributed by atoms with Crippen molar-refractivity contribution in [3.05, 3.63) is 41.2 Å². The quantitative estimate of drug-likeness (QED) is 0.520. The van der Waals surface area contributed by atoms with E-state index in [1.165, 1.54) is 38.9 Å². The number of hydrogen-bond donors (Lipinski definition) is 1. The number of ether oxygens (including phenoxy) is 2. The Labute approximate surface area is 131 Å². The van der Waals surface area contributed by atoms with Crippen LogP contribution in [0, 0.1) is 11.6 Å². The molecule has 0 saturated carbocycles. The van der Waals surface area contributed by atoms with E-state index in [0.717, 1.165) is 12.1 Å². The van der Waals surface area contributed by atoms with E-state index in [4.69, 9.17) is 9.47 Å². The van der Waals surface area contributed by atoms with Crippen molar-refractivity contribution < 1.29 is 27.8 Å². The van der Waals surface area contributed by atoms with Crippen molar-refractivity contribution in [3.8, 4) is 0 Å². The molecule has 0 unspecified atom stereocenters. The third kappa shape index (κ3) is 3.41. The largest absolute Gasteiger partial charge is 0.419 e. The molecule has 0 radical (unpaired) electrons. The van der Waals surface area contributed by atoms with Gasteiger partial charge in [-0.2, -0.15) is 0 Å². The number of carbonyl (C=O) groups excluding carboxylic acids is 2. The molecule has 6 nitrogen and oxygen atoms in total. The number of esters is 2. The molecule has 1 N–H and O–H groups in total. The van der Waals surface area contributed by atoms with Crippen molar-refractivity contribution in [2.75, 3.05) is 19.4 Å². The molecule has 124 valence electrons. The lowest BCUT2D eigenvalue weighted by atomic mass is 10.2. The van der Waals surface area contributed by atoms with Crippen LogP contribution in [0.25, 0.3) is 0 Å². The summed E-state index contributed by atoms with van der Waals surface area (Å²) in [5, 5.41) is 2.43. The SMILES string of the molecule is CN(C)C(Nc1c(F)cccc1F)=C1C(=O)OC(C)(C)OC1=O. The van der Waals surface area contributed by atoms with Crippen molar-refractivity contribution >= 4 is 17.6 Å². The smallest absolute Gasteiger partial charge is 0.352 e. The highest BCUT2D eigenvalue weighted by Crippen LogP contribution is 2.27. The zero-order valence-electron chi connectivity index (χ0n) is 13.1. The second-order valence-corrected chi connectivity index (χ2v) is 5.52. The number of halogens is 2. The molecule has 0 aromatic heterocycles. The van der Waals surface area contributed by atoms with E-state index in [-0.39, 0.29) is 5.82 Å². The minimum atomic E-state index is -1.40. The first-order valence-corrected chi connectivity index (χ1v) is 6.71. The topological polar surface area (TPSA) is 67.9 Å². The third-order valence-electron chi connectivity index (χ3n) is 2.98. The van der Waals surface area contributed by atoms with Crippen molar-refractivity contribution in [2.24, 2.45) is 0 Å². The van der Waals surface area contributed by atoms with Gasteiger partial charge in [0.15, 0.2) is 5.57 Å². The highest BCUT2D eigenvalue weighted by atomic mass is 19.1. The van der Waals surface area contributed by atoms with E-state index in [1.54, 1.807) is 0 Å². The minimum Gasteiger partial charge on any atom is -0.419 e. The maximum Gasteiger partial charge on any atom is 0.352 e. The zero-order valence-corrected chi connectivity index (χ0v) is 13.1. The first-order chi connectivity index (χ1) is 10.6. The van der Waals surface area contributed by atoms with Crippen LogP contribution in [0.3, 0.4) is 0 Å². The molecule has 1 saturated heterocycles. The molecule has 1 aliphatic rings. The van der Waals surface area contributed by atoms with Gasteiger partial charge < -0.3 is 19.7 Å². The van der Waals surface area contributed by atoms with Crippen molar-refractivity contribution in [1.29, 1.82) is 0 Å². The number of nitrogens with one attached hydrogen (secondary N) is 1. The lowest BCUT2D eigenvalue weighted by molar-refractivity contribution is -0.222. The molecule has 8 heteroatoms. The molecule has 1 aromatic rings. The lowest BCUT2D eigenvalue weighted by Crippen LogP contribution is -2.44. The highest BCUT2D eigenvalue weighted by molar-refractivity contribution is 6.16. The number of nitrogens with zero attached hydrogens (tertiary/aromatic N) is 1. The Hall–Kier alpha value is -2.64. The fourth-order valence-corrected chi connectivity index (χ4v) is 1.98. The standard InChI is InChI=1S/C15H16F2N2O4/c1-15(2)22-13(20)10(14(21)23-15)12(19(3)4)18-11-8(16)6-5-7-9(11)17/h5-7,18H,1-4H3. The first-order valence-electron chi connectivity index (χ1n) is 6.71. The Bertz CT molecular complexity index is 656. The summed E-state index contributed by atoms with van der Waals surface area (Å²) in [5.74, 6) is -5.18. The van der Waals surface area contributed by atoms with E-state index < -0.39 is 40.6 Å². The second-order valence-electron chi connectivity index (χ2n) is 5.52. The van der Waals surface area contributed by atoms with E-state index >= 15 is 0 Å². The zero-order chi connectivity index (χ0) is 17.4. The summed E-state index contributed by atoms with van der Waals surface area (Å²) >= 11 is 0. The molecule has 1 heterocycles. The van der Waals surface area contributed by atoms with Gasteiger partial charge in [-0.25, -0.2) is 18.4 Å². The Morgan fingerprint density at radius 3 is 2.00 bits per heavy atom. The summed E-state index contributed by atoms with van der Waals surface area (Å²) in [6, 6.07) is 3.29. The number of hydrogen-bond acceptors (Lipinski definition) is 6. The molecule has 1 aromatic carbocycles. The van der Waals surface area contributed by atoms with Crippen LogP contribution in [-0.4, -0.2) is 36.7 Å². The van der Waals surface area contributed by atoms with E-state index in [0.29, 0.717) is 0 Å². The predicted molar refractivity (Wildman–Crippen MR) is 77.0 cm³/mol. The van der Waals surface area contributed by atoms with Gasteiger partial charge in [0.25, 0.3) is 5.79 Å². The molecule has 23 heavy (non-hydrogen) atoms. The van der Waals surface area contributed by atoms with Crippen LogP contribution in [0.5, 0.6) is 0 Å². The second kappa shape index (κ2) is 5.86. The summed E-state index contributed by atoms with van der Waals surface area (Å²) in [5.41, 5.74) is -0.967. The average molecular weight is 326 g/mol. The van der Waals surface area contributed by atoms with Crippen LogP contribution in [0.4, 0.5) is 14.5 Å². The van der Waals surface area contributed by atoms with Crippen molar-refractivity contribution in [1.82, 2.24) is 4.90 Å². The monoisotopic (exact) mass is 326 g/mol. The Morgan fingerprint density at radius 1 is 1.09 bits per heavy atom. The lowest BCUT2D eigenvalue weighted by Gasteiger charge is -2.32. The number of cyclic esters (lactones) is 2. The molecule has 0 bridgehead atoms. The van der Waals surface area contributed by atoms with Crippen LogP contribution >= 0.6 is 0 Å². The summed E-state index contributed by atoms with van der Waals surface area (Å²) in [7, 11) is 2.99. The van der Waals surface area contributed by atoms with Gasteiger partial charge >= 0.3 is 11.9 Å². The molecule has 2 rings (SSSR count). The van der Waals surface area contributed by atoms with E-state index in [1.807, 2.05) is 0 Å². The molecule has 0 amide bonds. The van der Waals surface area contributed by atoms with Crippen LogP contribution in [0.2, 0.25) is 0 Å². The van der Waals surface area contributed by atoms with Crippen LogP contribution < -0.4 is 5.32 Å². The molecular weight excluding hydrogens is 310 g/mol. The average Bonchev–Trinajstić information content (AvgIpc) is 2.38. The van der Waals surface area contributed by atoms with Gasteiger partial charge in [0, 0.05) is 27.9 Å². The van der Waals surface area contributed by atoms with Gasteiger partial charge in [-0.1, -0.05) is 6.07 Å². The first kappa shape index (κ1) is 16.7. The number of anilines is 1. The van der Waals surface area contributed by atoms with Gasteiger partial charge in [0.1, 0.15) is 23.1 Å². The number of carbonyl (C=O) groups is 2. The summed E-state index contributed by atoms with van der Waals surface area (Å²) < 4.78 is 37.5. The van der Waals surface area contributed by atoms with Gasteiger partial charge in [0.05, 0.1) is 0 Å². The predicted octanol–water partition coefficient (Wildman–Crippen LogP) is 1.99. The highest BCUT2D eigenvalue weighted by Gasteiger charge is 2.41. The van der Waals surface area contributed by atoms with E-state index in [9.17, 15) is 18.4 Å². The van der Waals surface area contributed by atoms with Gasteiger partial charge in [-0.3, -0.25) is 0 Å². The normalized spacial score (nSPS) is 16.5. The summed E-state index contributed by atoms with van der Waals surface area (Å²) in [6.45, 7) is 2.80. The molecule has 1 fully saturated rings. The van der Waals surface area contributed by atoms with Gasteiger partial charge in [0.2, 0.25) is 0 Å². The van der Waals surface area contributed by atoms with Gasteiger partial charge in [-0.05, 0) is 12.1 Å². The molecular formula is C15H16F2N2O4. The van der Waals surface area contributed by atoms with Crippen molar-refractivity contribution in [3.63, 3.8) is 0 Å². The summed E-state index contributed by atoms with van der Waals surface area (Å²) in [6.07, 6.45) is 0.